The van der Waals surface area contributed by atoms with Gasteiger partial charge in [-0.2, -0.15) is 0 Å². The maximum atomic E-state index is 11.1. The standard InChI is InChI=1S/C9H8O6.3C6H10O3.5C2O3.2CH4.3CH3.5Y/c10-5-1-9(2-6(11)14-5)3-7(12)15-8(13)4-9;3*1-3-5(7)9-6(8)4-2;5*3-1-5-2-4;;;;;;;;;;/h1-4H2;3*3-4H2,1-2H3;;;;;;2*1H4;3*1H3;;;;;/q;;;;5*-2;;;3*-1;;;3*+3. The molecule has 0 aromatic heterocycles. The van der Waals surface area contributed by atoms with E-state index in [0.717, 1.165) is 64.7 Å². The van der Waals surface area contributed by atoms with E-state index in [1.54, 1.807) is 41.5 Å². The molecule has 0 amide bonds. The molecule has 77 heavy (non-hydrogen) atoms. The van der Waals surface area contributed by atoms with Gasteiger partial charge in [-0.15, -0.1) is 64.7 Å². The summed E-state index contributed by atoms with van der Waals surface area (Å²) in [5.74, 6) is -5.49. The van der Waals surface area contributed by atoms with E-state index in [1.807, 2.05) is 0 Å². The van der Waals surface area contributed by atoms with Crippen LogP contribution >= 0.6 is 0 Å². The second kappa shape index (κ2) is 95.3. The molecule has 2 radical (unpaired) electrons. The Labute approximate surface area is 572 Å². The Morgan fingerprint density at radius 1 is 0.351 bits per heavy atom. The van der Waals surface area contributed by atoms with E-state index >= 15 is 0 Å². The number of ether oxygens (including phenoxy) is 10. The molecular formula is C42H55O30Y5-4. The van der Waals surface area contributed by atoms with Crippen LogP contribution in [0, 0.1) is 27.7 Å². The topological polar surface area (TPSA) is 434 Å². The van der Waals surface area contributed by atoms with E-state index in [0.29, 0.717) is 0 Å². The zero-order valence-corrected chi connectivity index (χ0v) is 55.9. The fraction of sp³-hybridized carbons (Fsp3) is 0.452. The Hall–Kier alpha value is -3.08. The maximum absolute atomic E-state index is 11.1. The van der Waals surface area contributed by atoms with E-state index in [1.165, 1.54) is 0 Å². The molecule has 2 heterocycles. The Bertz CT molecular complexity index is 1330. The number of hydrogen-bond donors (Lipinski definition) is 0. The molecule has 0 atom stereocenters. The number of esters is 10. The van der Waals surface area contributed by atoms with Crippen LogP contribution in [0.2, 0.25) is 0 Å². The Morgan fingerprint density at radius 2 is 0.468 bits per heavy atom. The van der Waals surface area contributed by atoms with E-state index in [4.69, 9.17) is 47.9 Å². The molecule has 0 aromatic carbocycles. The van der Waals surface area contributed by atoms with Crippen molar-refractivity contribution in [1.29, 1.82) is 0 Å². The quantitative estimate of drug-likeness (QED) is 0.0885. The van der Waals surface area contributed by atoms with Gasteiger partial charge in [-0.05, 0) is 0 Å². The van der Waals surface area contributed by atoms with Gasteiger partial charge in [0.15, 0.2) is 0 Å². The molecule has 0 unspecified atom stereocenters. The number of rotatable bonds is 16. The van der Waals surface area contributed by atoms with Gasteiger partial charge in [-0.25, -0.2) is 0 Å². The van der Waals surface area contributed by atoms with E-state index < -0.39 is 65.1 Å². The molecule has 2 fully saturated rings. The molecule has 2 aliphatic rings. The first-order valence-corrected chi connectivity index (χ1v) is 17.4. The fourth-order valence-corrected chi connectivity index (χ4v) is 2.90. The summed E-state index contributed by atoms with van der Waals surface area (Å²) in [4.78, 5) is 194. The maximum Gasteiger partial charge on any atom is 3.00 e. The van der Waals surface area contributed by atoms with Crippen LogP contribution < -0.4 is 0 Å². The minimum absolute atomic E-state index is 0. The summed E-state index contributed by atoms with van der Waals surface area (Å²) in [6.07, 6.45) is 1.20. The first-order valence-electron chi connectivity index (χ1n) is 17.4. The van der Waals surface area contributed by atoms with Crippen molar-refractivity contribution in [2.24, 2.45) is 5.41 Å². The van der Waals surface area contributed by atoms with Gasteiger partial charge in [0.05, 0.1) is 25.7 Å². The van der Waals surface area contributed by atoms with Crippen LogP contribution in [-0.4, -0.2) is 124 Å². The molecule has 2 rings (SSSR count). The number of cyclic esters (lactones) is 4. The van der Waals surface area contributed by atoms with Gasteiger partial charge in [0, 0.05) is 109 Å². The van der Waals surface area contributed by atoms with Gasteiger partial charge in [0.25, 0.3) is 0 Å². The van der Waals surface area contributed by atoms with Crippen LogP contribution in [0.25, 0.3) is 0 Å². The molecule has 0 N–H and O–H groups in total. The van der Waals surface area contributed by atoms with Gasteiger partial charge in [0.1, 0.15) is 0 Å². The third-order valence-corrected chi connectivity index (χ3v) is 5.36. The van der Waals surface area contributed by atoms with Crippen molar-refractivity contribution in [3.05, 3.63) is 22.3 Å². The van der Waals surface area contributed by atoms with Crippen molar-refractivity contribution in [3.8, 4) is 0 Å². The molecule has 422 valence electrons. The monoisotopic (exact) mass is 1480 g/mol. The summed E-state index contributed by atoms with van der Waals surface area (Å²) in [6, 6.07) is 0. The molecule has 0 bridgehead atoms. The summed E-state index contributed by atoms with van der Waals surface area (Å²) in [6.45, 7) is 18.3. The smallest absolute Gasteiger partial charge is 0.783 e. The molecule has 0 aliphatic carbocycles. The molecule has 35 heteroatoms. The van der Waals surface area contributed by atoms with Crippen molar-refractivity contribution < 1.29 is 307 Å². The fourth-order valence-electron chi connectivity index (χ4n) is 2.90. The summed E-state index contributed by atoms with van der Waals surface area (Å²) in [5, 5.41) is 0. The molecule has 2 saturated heterocycles. The van der Waals surface area contributed by atoms with Gasteiger partial charge < -0.3 is 118 Å². The van der Waals surface area contributed by atoms with Crippen LogP contribution in [0.4, 0.5) is 0 Å². The van der Waals surface area contributed by atoms with Crippen molar-refractivity contribution in [2.75, 3.05) is 0 Å². The summed E-state index contributed by atoms with van der Waals surface area (Å²) in [5.41, 5.74) is -0.904. The number of hydrogen-bond acceptors (Lipinski definition) is 30. The van der Waals surface area contributed by atoms with Gasteiger partial charge in [-0.1, -0.05) is 56.4 Å². The minimum atomic E-state index is -0.904. The van der Waals surface area contributed by atoms with Crippen molar-refractivity contribution in [1.82, 2.24) is 0 Å². The van der Waals surface area contributed by atoms with E-state index in [-0.39, 0.29) is 265 Å². The predicted octanol–water partition coefficient (Wildman–Crippen LogP) is 0.626. The van der Waals surface area contributed by atoms with Crippen molar-refractivity contribution >= 4 is 124 Å². The summed E-state index contributed by atoms with van der Waals surface area (Å²) in [7, 11) is 0. The van der Waals surface area contributed by atoms with Crippen LogP contribution in [0.3, 0.4) is 0 Å². The first kappa shape index (κ1) is 121. The van der Waals surface area contributed by atoms with Crippen molar-refractivity contribution in [2.45, 2.75) is 121 Å². The Morgan fingerprint density at radius 3 is 0.545 bits per heavy atom. The minimum Gasteiger partial charge on any atom is -0.783 e. The zero-order chi connectivity index (χ0) is 53.5. The Balaban J connectivity index is -0.0000000356. The Kier molecular flexibility index (Phi) is 150. The average molecular weight is 1480 g/mol. The average Bonchev–Trinajstić information content (AvgIpc) is 3.28. The largest absolute Gasteiger partial charge is 3.00 e. The molecule has 2 aliphatic heterocycles. The van der Waals surface area contributed by atoms with Gasteiger partial charge in [0.2, 0.25) is 0 Å². The van der Waals surface area contributed by atoms with Crippen LogP contribution in [0.1, 0.15) is 121 Å². The molecule has 0 aromatic rings. The first-order chi connectivity index (χ1) is 31.7. The van der Waals surface area contributed by atoms with Gasteiger partial charge >= 0.3 is 158 Å². The van der Waals surface area contributed by atoms with Crippen LogP contribution in [0.5, 0.6) is 0 Å². The van der Waals surface area contributed by atoms with E-state index in [2.05, 4.69) is 47.4 Å². The molecule has 0 saturated carbocycles. The molecule has 1 spiro atoms. The third-order valence-electron chi connectivity index (χ3n) is 5.36. The predicted molar refractivity (Wildman–Crippen MR) is 233 cm³/mol. The van der Waals surface area contributed by atoms with E-state index in [9.17, 15) is 47.9 Å². The zero-order valence-electron chi connectivity index (χ0n) is 41.7. The number of carbonyl (C=O) groups excluding carboxylic acids is 20. The normalized spacial score (nSPS) is 9.74. The van der Waals surface area contributed by atoms with Crippen LogP contribution in [0.15, 0.2) is 0 Å². The SMILES string of the molecule is C.C.CCC(=O)OC(=O)CC.CCC(=O)OC(=O)CC.CCC(=O)OC(=O)CC.O=C1CC2(CC(=O)O1)CC(=O)OC(=O)C2.O=[C-]O[C-]=O.O=[C-]O[C-]=O.O=[C-]O[C-]=O.O=[C-]O[C-]=O.O=[C-]O[C-]=O.[CH3-].[CH3-].[CH3-].[Y+3].[Y+3].[Y+3].[Y].[Y]. The molecule has 30 nitrogen and oxygen atoms in total. The summed E-state index contributed by atoms with van der Waals surface area (Å²) >= 11 is 0. The van der Waals surface area contributed by atoms with Gasteiger partial charge in [-0.3, -0.25) is 47.9 Å². The second-order valence-electron chi connectivity index (χ2n) is 9.90. The number of carbonyl (C=O) groups is 10. The summed E-state index contributed by atoms with van der Waals surface area (Å²) < 4.78 is 37.6. The second-order valence-corrected chi connectivity index (χ2v) is 9.90. The van der Waals surface area contributed by atoms with Crippen molar-refractivity contribution in [3.63, 3.8) is 0 Å². The molecular weight excluding hydrogens is 1430 g/mol. The third kappa shape index (κ3) is 106. The van der Waals surface area contributed by atoms with Crippen LogP contribution in [-0.2, 0) is 307 Å².